The smallest absolute Gasteiger partial charge is 0.482 e. The fourth-order valence-electron chi connectivity index (χ4n) is 7.88. The Hall–Kier alpha value is -2.96. The van der Waals surface area contributed by atoms with Gasteiger partial charge in [0.1, 0.15) is 16.9 Å². The second kappa shape index (κ2) is 13.9. The molecule has 1 aliphatic heterocycles. The van der Waals surface area contributed by atoms with Gasteiger partial charge in [-0.1, -0.05) is 38.1 Å². The molecule has 11 heteroatoms. The van der Waals surface area contributed by atoms with Crippen molar-refractivity contribution in [2.75, 3.05) is 33.4 Å². The molecule has 10 nitrogen and oxygen atoms in total. The van der Waals surface area contributed by atoms with Crippen molar-refractivity contribution in [3.05, 3.63) is 64.7 Å². The van der Waals surface area contributed by atoms with Crippen LogP contribution in [0.15, 0.2) is 42.5 Å². The van der Waals surface area contributed by atoms with E-state index in [1.807, 2.05) is 49.9 Å². The normalized spacial score (nSPS) is 25.1. The SMILES string of the molecule is COc1c(CC(NC(=O)c2cccc(CN(CCO)CCO)c2)B2OC3CC4CC(C4(C)C)C3(C)O2)cccc1C(=O)OC(C)(C)C. The van der Waals surface area contributed by atoms with Crippen LogP contribution in [-0.2, 0) is 27.0 Å². The number of esters is 1. The number of hydrogen-bond acceptors (Lipinski definition) is 9. The summed E-state index contributed by atoms with van der Waals surface area (Å²) in [5, 5.41) is 22.1. The third-order valence-corrected chi connectivity index (χ3v) is 10.4. The van der Waals surface area contributed by atoms with Gasteiger partial charge in [0.2, 0.25) is 0 Å². The lowest BCUT2D eigenvalue weighted by Gasteiger charge is -2.64. The molecule has 6 rings (SSSR count). The molecule has 0 aromatic heterocycles. The van der Waals surface area contributed by atoms with Crippen LogP contribution in [0.5, 0.6) is 5.75 Å². The first-order valence-corrected chi connectivity index (χ1v) is 16.8. The van der Waals surface area contributed by atoms with E-state index in [-0.39, 0.29) is 37.1 Å². The van der Waals surface area contributed by atoms with Gasteiger partial charge in [-0.05, 0) is 93.5 Å². The van der Waals surface area contributed by atoms with Gasteiger partial charge < -0.3 is 34.3 Å². The number of ether oxygens (including phenoxy) is 2. The van der Waals surface area contributed by atoms with Crippen molar-refractivity contribution in [2.24, 2.45) is 17.3 Å². The first kappa shape index (κ1) is 35.4. The van der Waals surface area contributed by atoms with Gasteiger partial charge in [-0.3, -0.25) is 9.69 Å². The number of aliphatic hydroxyl groups is 2. The van der Waals surface area contributed by atoms with Crippen molar-refractivity contribution < 1.29 is 38.6 Å². The highest BCUT2D eigenvalue weighted by Gasteiger charge is 2.68. The van der Waals surface area contributed by atoms with Gasteiger partial charge in [0.15, 0.2) is 0 Å². The van der Waals surface area contributed by atoms with Gasteiger partial charge in [0, 0.05) is 25.2 Å². The Labute approximate surface area is 279 Å². The molecular formula is C36H51BN2O8. The Morgan fingerprint density at radius 1 is 1.09 bits per heavy atom. The molecule has 256 valence electrons. The van der Waals surface area contributed by atoms with Crippen molar-refractivity contribution in [3.63, 3.8) is 0 Å². The number of hydrogen-bond donors (Lipinski definition) is 3. The number of carbonyl (C=O) groups excluding carboxylic acids is 2. The molecule has 47 heavy (non-hydrogen) atoms. The fraction of sp³-hybridized carbons (Fsp3) is 0.611. The molecule has 0 radical (unpaired) electrons. The Morgan fingerprint density at radius 2 is 1.79 bits per heavy atom. The Kier molecular flexibility index (Phi) is 10.4. The van der Waals surface area contributed by atoms with Gasteiger partial charge in [-0.2, -0.15) is 0 Å². The third-order valence-electron chi connectivity index (χ3n) is 10.4. The van der Waals surface area contributed by atoms with Crippen LogP contribution in [0, 0.1) is 17.3 Å². The fourth-order valence-corrected chi connectivity index (χ4v) is 7.88. The van der Waals surface area contributed by atoms with Gasteiger partial charge in [-0.15, -0.1) is 0 Å². The van der Waals surface area contributed by atoms with Crippen molar-refractivity contribution in [1.29, 1.82) is 0 Å². The van der Waals surface area contributed by atoms with E-state index >= 15 is 0 Å². The Balaban J connectivity index is 1.43. The van der Waals surface area contributed by atoms with Crippen LogP contribution in [0.2, 0.25) is 0 Å². The van der Waals surface area contributed by atoms with Crippen molar-refractivity contribution in [1.82, 2.24) is 10.2 Å². The van der Waals surface area contributed by atoms with Gasteiger partial charge >= 0.3 is 13.1 Å². The minimum absolute atomic E-state index is 0.0272. The molecule has 2 bridgehead atoms. The number of methoxy groups -OCH3 is 1. The lowest BCUT2D eigenvalue weighted by atomic mass is 9.43. The number of benzene rings is 2. The lowest BCUT2D eigenvalue weighted by Crippen LogP contribution is -2.65. The van der Waals surface area contributed by atoms with Gasteiger partial charge in [0.25, 0.3) is 5.91 Å². The predicted octanol–water partition coefficient (Wildman–Crippen LogP) is 4.05. The summed E-state index contributed by atoms with van der Waals surface area (Å²) >= 11 is 0. The van der Waals surface area contributed by atoms with E-state index in [2.05, 4.69) is 26.1 Å². The van der Waals surface area contributed by atoms with Crippen LogP contribution in [0.25, 0.3) is 0 Å². The zero-order valence-corrected chi connectivity index (χ0v) is 28.9. The van der Waals surface area contributed by atoms with Crippen LogP contribution in [0.4, 0.5) is 0 Å². The largest absolute Gasteiger partial charge is 0.496 e. The summed E-state index contributed by atoms with van der Waals surface area (Å²) in [6.45, 7) is 13.5. The highest BCUT2D eigenvalue weighted by molar-refractivity contribution is 6.48. The van der Waals surface area contributed by atoms with Crippen LogP contribution in [0.3, 0.4) is 0 Å². The molecule has 2 aromatic carbocycles. The standard InChI is InChI=1S/C36H51BN2O8/c1-34(2,3)45-33(43)27-13-9-11-24(31(27)44-7)19-30(37-46-29-21-26-20-28(35(26,4)5)36(29,6)47-37)38-32(42)25-12-8-10-23(18-25)22-39(14-16-40)15-17-41/h8-13,18,26,28-30,40-41H,14-17,19-22H2,1-7H3,(H,38,42). The van der Waals surface area contributed by atoms with Crippen LogP contribution >= 0.6 is 0 Å². The molecule has 5 unspecified atom stereocenters. The van der Waals surface area contributed by atoms with E-state index in [1.165, 1.54) is 7.11 Å². The number of aliphatic hydroxyl groups excluding tert-OH is 2. The quantitative estimate of drug-likeness (QED) is 0.218. The maximum Gasteiger partial charge on any atom is 0.482 e. The maximum atomic E-state index is 13.9. The molecule has 4 fully saturated rings. The summed E-state index contributed by atoms with van der Waals surface area (Å²) in [7, 11) is 0.808. The first-order chi connectivity index (χ1) is 22.2. The molecule has 3 aliphatic carbocycles. The maximum absolute atomic E-state index is 13.9. The zero-order chi connectivity index (χ0) is 34.1. The number of rotatable bonds is 13. The molecule has 5 atom stereocenters. The molecule has 3 saturated carbocycles. The van der Waals surface area contributed by atoms with E-state index in [1.54, 1.807) is 18.2 Å². The van der Waals surface area contributed by atoms with E-state index in [9.17, 15) is 19.8 Å². The van der Waals surface area contributed by atoms with Gasteiger partial charge in [-0.25, -0.2) is 4.79 Å². The summed E-state index contributed by atoms with van der Waals surface area (Å²) in [5.41, 5.74) is 1.39. The van der Waals surface area contributed by atoms with E-state index < -0.39 is 30.2 Å². The monoisotopic (exact) mass is 650 g/mol. The number of nitrogens with one attached hydrogen (secondary N) is 1. The Morgan fingerprint density at radius 3 is 2.43 bits per heavy atom. The van der Waals surface area contributed by atoms with E-state index in [0.717, 1.165) is 24.0 Å². The summed E-state index contributed by atoms with van der Waals surface area (Å²) in [6.07, 6.45) is 2.23. The molecule has 1 heterocycles. The van der Waals surface area contributed by atoms with Crippen LogP contribution in [0.1, 0.15) is 86.2 Å². The van der Waals surface area contributed by atoms with E-state index in [0.29, 0.717) is 48.3 Å². The highest BCUT2D eigenvalue weighted by Crippen LogP contribution is 2.65. The third kappa shape index (κ3) is 7.39. The van der Waals surface area contributed by atoms with E-state index in [4.69, 9.17) is 18.8 Å². The van der Waals surface area contributed by atoms with Crippen molar-refractivity contribution in [2.45, 2.75) is 90.6 Å². The molecule has 2 aromatic rings. The number of nitrogens with zero attached hydrogens (tertiary/aromatic N) is 1. The van der Waals surface area contributed by atoms with Gasteiger partial charge in [0.05, 0.1) is 38.0 Å². The lowest BCUT2D eigenvalue weighted by molar-refractivity contribution is -0.199. The Bertz CT molecular complexity index is 1440. The first-order valence-electron chi connectivity index (χ1n) is 16.8. The average Bonchev–Trinajstić information content (AvgIpc) is 3.37. The zero-order valence-electron chi connectivity index (χ0n) is 28.9. The summed E-state index contributed by atoms with van der Waals surface area (Å²) in [6, 6.07) is 12.7. The minimum Gasteiger partial charge on any atom is -0.496 e. The summed E-state index contributed by atoms with van der Waals surface area (Å²) < 4.78 is 24.9. The molecular weight excluding hydrogens is 599 g/mol. The summed E-state index contributed by atoms with van der Waals surface area (Å²) in [5.74, 6) is -0.0586. The predicted molar refractivity (Wildman–Crippen MR) is 179 cm³/mol. The average molecular weight is 651 g/mol. The number of carbonyl (C=O) groups is 2. The number of para-hydroxylation sites is 1. The second-order valence-electron chi connectivity index (χ2n) is 15.0. The second-order valence-corrected chi connectivity index (χ2v) is 15.0. The van der Waals surface area contributed by atoms with Crippen LogP contribution < -0.4 is 10.1 Å². The topological polar surface area (TPSA) is 127 Å². The minimum atomic E-state index is -0.716. The number of amides is 1. The van der Waals surface area contributed by atoms with Crippen molar-refractivity contribution >= 4 is 19.0 Å². The molecule has 1 saturated heterocycles. The van der Waals surface area contributed by atoms with Crippen molar-refractivity contribution in [3.8, 4) is 5.75 Å². The summed E-state index contributed by atoms with van der Waals surface area (Å²) in [4.78, 5) is 29.0. The van der Waals surface area contributed by atoms with Crippen LogP contribution in [-0.4, -0.2) is 90.8 Å². The molecule has 4 aliphatic rings. The molecule has 1 amide bonds. The molecule has 0 spiro atoms. The molecule has 3 N–H and O–H groups in total. The highest BCUT2D eigenvalue weighted by atomic mass is 16.7.